The smallest absolute Gasteiger partial charge is 0.0621 e. The second-order valence-electron chi connectivity index (χ2n) is 3.66. The van der Waals surface area contributed by atoms with E-state index in [1.54, 1.807) is 12.2 Å². The standard InChI is InChI=1S/C16H18O/c1-2-3-5-8-15-10-12-16(13-11-15)9-6-4-7-14-17/h2-4,7,10-13,17H,5,8,14H2,1H3/b3-2+,7-4+. The maximum absolute atomic E-state index is 8.54. The van der Waals surface area contributed by atoms with E-state index in [0.29, 0.717) is 0 Å². The van der Waals surface area contributed by atoms with Gasteiger partial charge in [-0.1, -0.05) is 42.2 Å². The molecule has 1 N–H and O–H groups in total. The Balaban J connectivity index is 2.54. The summed E-state index contributed by atoms with van der Waals surface area (Å²) in [6.45, 7) is 2.08. The third kappa shape index (κ3) is 5.75. The van der Waals surface area contributed by atoms with Crippen molar-refractivity contribution >= 4 is 0 Å². The highest BCUT2D eigenvalue weighted by atomic mass is 16.2. The third-order valence-corrected chi connectivity index (χ3v) is 2.31. The molecule has 0 aliphatic carbocycles. The molecule has 1 heteroatoms. The summed E-state index contributed by atoms with van der Waals surface area (Å²) in [7, 11) is 0. The van der Waals surface area contributed by atoms with Crippen LogP contribution in [-0.4, -0.2) is 11.7 Å². The molecule has 0 saturated heterocycles. The lowest BCUT2D eigenvalue weighted by Crippen LogP contribution is -1.83. The van der Waals surface area contributed by atoms with E-state index in [1.165, 1.54) is 5.56 Å². The van der Waals surface area contributed by atoms with Crippen molar-refractivity contribution in [3.8, 4) is 11.8 Å². The van der Waals surface area contributed by atoms with E-state index in [0.717, 1.165) is 18.4 Å². The number of aliphatic hydroxyl groups is 1. The van der Waals surface area contributed by atoms with Gasteiger partial charge in [0.05, 0.1) is 6.61 Å². The van der Waals surface area contributed by atoms with Gasteiger partial charge in [0.1, 0.15) is 0 Å². The van der Waals surface area contributed by atoms with E-state index in [9.17, 15) is 0 Å². The molecule has 0 heterocycles. The number of benzene rings is 1. The molecule has 0 fully saturated rings. The summed E-state index contributed by atoms with van der Waals surface area (Å²) in [5.74, 6) is 5.88. The van der Waals surface area contributed by atoms with Crippen molar-refractivity contribution in [3.05, 3.63) is 59.7 Å². The zero-order chi connectivity index (χ0) is 12.3. The van der Waals surface area contributed by atoms with Gasteiger partial charge in [0.2, 0.25) is 0 Å². The Morgan fingerprint density at radius 2 is 1.94 bits per heavy atom. The van der Waals surface area contributed by atoms with Crippen LogP contribution in [0.4, 0.5) is 0 Å². The first-order chi connectivity index (χ1) is 8.36. The highest BCUT2D eigenvalue weighted by molar-refractivity contribution is 5.38. The molecule has 0 spiro atoms. The average Bonchev–Trinajstić information content (AvgIpc) is 2.37. The minimum absolute atomic E-state index is 0.0402. The molecule has 1 aromatic carbocycles. The Morgan fingerprint density at radius 1 is 1.18 bits per heavy atom. The van der Waals surface area contributed by atoms with Gasteiger partial charge in [-0.15, -0.1) is 0 Å². The fourth-order valence-electron chi connectivity index (χ4n) is 1.41. The third-order valence-electron chi connectivity index (χ3n) is 2.31. The van der Waals surface area contributed by atoms with Crippen LogP contribution in [0.25, 0.3) is 0 Å². The van der Waals surface area contributed by atoms with Crippen molar-refractivity contribution < 1.29 is 5.11 Å². The first-order valence-corrected chi connectivity index (χ1v) is 5.84. The highest BCUT2D eigenvalue weighted by Gasteiger charge is 1.91. The first-order valence-electron chi connectivity index (χ1n) is 5.84. The molecule has 0 atom stereocenters. The van der Waals surface area contributed by atoms with E-state index in [1.807, 2.05) is 19.1 Å². The molecule has 0 aliphatic heterocycles. The van der Waals surface area contributed by atoms with E-state index in [2.05, 4.69) is 36.1 Å². The minimum Gasteiger partial charge on any atom is -0.392 e. The normalized spacial score (nSPS) is 10.7. The van der Waals surface area contributed by atoms with Crippen LogP contribution >= 0.6 is 0 Å². The monoisotopic (exact) mass is 226 g/mol. The molecule has 1 rings (SSSR count). The molecule has 1 nitrogen and oxygen atoms in total. The molecule has 0 saturated carbocycles. The predicted octanol–water partition coefficient (Wildman–Crippen LogP) is 3.10. The number of hydrogen-bond acceptors (Lipinski definition) is 1. The second kappa shape index (κ2) is 8.38. The van der Waals surface area contributed by atoms with Crippen molar-refractivity contribution in [1.82, 2.24) is 0 Å². The van der Waals surface area contributed by atoms with Crippen LogP contribution in [0.5, 0.6) is 0 Å². The molecule has 0 radical (unpaired) electrons. The lowest BCUT2D eigenvalue weighted by atomic mass is 10.1. The maximum atomic E-state index is 8.54. The number of aliphatic hydroxyl groups excluding tert-OH is 1. The van der Waals surface area contributed by atoms with Crippen LogP contribution in [0.2, 0.25) is 0 Å². The summed E-state index contributed by atoms with van der Waals surface area (Å²) >= 11 is 0. The van der Waals surface area contributed by atoms with Crippen LogP contribution in [0.1, 0.15) is 24.5 Å². The Bertz CT molecular complexity index is 427. The molecular formula is C16H18O. The Hall–Kier alpha value is -1.78. The molecule has 0 aromatic heterocycles. The predicted molar refractivity (Wildman–Crippen MR) is 72.7 cm³/mol. The average molecular weight is 226 g/mol. The topological polar surface area (TPSA) is 20.2 Å². The number of allylic oxidation sites excluding steroid dienone is 3. The van der Waals surface area contributed by atoms with Gasteiger partial charge >= 0.3 is 0 Å². The van der Waals surface area contributed by atoms with Crippen LogP contribution < -0.4 is 0 Å². The van der Waals surface area contributed by atoms with Gasteiger partial charge in [0.25, 0.3) is 0 Å². The van der Waals surface area contributed by atoms with Crippen LogP contribution in [0.15, 0.2) is 48.6 Å². The van der Waals surface area contributed by atoms with Crippen molar-refractivity contribution in [3.63, 3.8) is 0 Å². The number of rotatable bonds is 4. The fraction of sp³-hybridized carbons (Fsp3) is 0.250. The molecule has 1 aromatic rings. The largest absolute Gasteiger partial charge is 0.392 e. The molecule has 0 bridgehead atoms. The summed E-state index contributed by atoms with van der Waals surface area (Å²) in [4.78, 5) is 0. The summed E-state index contributed by atoms with van der Waals surface area (Å²) < 4.78 is 0. The van der Waals surface area contributed by atoms with E-state index in [-0.39, 0.29) is 6.61 Å². The van der Waals surface area contributed by atoms with Crippen molar-refractivity contribution in [2.45, 2.75) is 19.8 Å². The van der Waals surface area contributed by atoms with Gasteiger partial charge in [-0.25, -0.2) is 0 Å². The molecule has 17 heavy (non-hydrogen) atoms. The van der Waals surface area contributed by atoms with Crippen LogP contribution in [0, 0.1) is 11.8 Å². The Morgan fingerprint density at radius 3 is 2.59 bits per heavy atom. The highest BCUT2D eigenvalue weighted by Crippen LogP contribution is 2.06. The van der Waals surface area contributed by atoms with Crippen molar-refractivity contribution in [2.24, 2.45) is 0 Å². The van der Waals surface area contributed by atoms with E-state index >= 15 is 0 Å². The van der Waals surface area contributed by atoms with Gasteiger partial charge in [-0.3, -0.25) is 0 Å². The minimum atomic E-state index is 0.0402. The zero-order valence-corrected chi connectivity index (χ0v) is 10.2. The van der Waals surface area contributed by atoms with Gasteiger partial charge in [-0.05, 0) is 43.5 Å². The summed E-state index contributed by atoms with van der Waals surface area (Å²) in [5, 5.41) is 8.54. The quantitative estimate of drug-likeness (QED) is 0.618. The summed E-state index contributed by atoms with van der Waals surface area (Å²) in [6.07, 6.45) is 9.70. The zero-order valence-electron chi connectivity index (χ0n) is 10.2. The number of hydrogen-bond donors (Lipinski definition) is 1. The van der Waals surface area contributed by atoms with Gasteiger partial charge in [-0.2, -0.15) is 0 Å². The van der Waals surface area contributed by atoms with Crippen LogP contribution in [-0.2, 0) is 6.42 Å². The van der Waals surface area contributed by atoms with E-state index < -0.39 is 0 Å². The first kappa shape index (κ1) is 13.3. The van der Waals surface area contributed by atoms with Crippen molar-refractivity contribution in [2.75, 3.05) is 6.61 Å². The maximum Gasteiger partial charge on any atom is 0.0621 e. The SMILES string of the molecule is C/C=C/CCc1ccc(C#C/C=C/CO)cc1. The molecule has 88 valence electrons. The van der Waals surface area contributed by atoms with E-state index in [4.69, 9.17) is 5.11 Å². The molecule has 0 unspecified atom stereocenters. The number of aryl methyl sites for hydroxylation is 1. The summed E-state index contributed by atoms with van der Waals surface area (Å²) in [6, 6.07) is 8.29. The van der Waals surface area contributed by atoms with Crippen molar-refractivity contribution in [1.29, 1.82) is 0 Å². The van der Waals surface area contributed by atoms with Gasteiger partial charge in [0, 0.05) is 5.56 Å². The van der Waals surface area contributed by atoms with Gasteiger partial charge < -0.3 is 5.11 Å². The van der Waals surface area contributed by atoms with Crippen LogP contribution in [0.3, 0.4) is 0 Å². The molecule has 0 aliphatic rings. The second-order valence-corrected chi connectivity index (χ2v) is 3.66. The van der Waals surface area contributed by atoms with Gasteiger partial charge in [0.15, 0.2) is 0 Å². The Kier molecular flexibility index (Phi) is 6.55. The lowest BCUT2D eigenvalue weighted by Gasteiger charge is -1.98. The lowest BCUT2D eigenvalue weighted by molar-refractivity contribution is 0.343. The fourth-order valence-corrected chi connectivity index (χ4v) is 1.41. The molecule has 0 amide bonds. The Labute approximate surface area is 103 Å². The summed E-state index contributed by atoms with van der Waals surface area (Å²) in [5.41, 5.74) is 2.34. The molecular weight excluding hydrogens is 208 g/mol.